The van der Waals surface area contributed by atoms with Crippen LogP contribution >= 0.6 is 23.2 Å². The summed E-state index contributed by atoms with van der Waals surface area (Å²) in [5.74, 6) is -0.608. The van der Waals surface area contributed by atoms with Crippen LogP contribution in [0.2, 0.25) is 10.2 Å². The van der Waals surface area contributed by atoms with Gasteiger partial charge in [0.15, 0.2) is 0 Å². The summed E-state index contributed by atoms with van der Waals surface area (Å²) < 4.78 is 14.4. The third-order valence-corrected chi connectivity index (χ3v) is 3.87. The van der Waals surface area contributed by atoms with Crippen LogP contribution in [0.3, 0.4) is 0 Å². The second-order valence-electron chi connectivity index (χ2n) is 4.53. The Morgan fingerprint density at radius 2 is 2.00 bits per heavy atom. The van der Waals surface area contributed by atoms with Crippen LogP contribution in [-0.4, -0.2) is 22.2 Å². The molecule has 1 amide bonds. The molecule has 112 valence electrons. The van der Waals surface area contributed by atoms with Gasteiger partial charge in [-0.2, -0.15) is 5.10 Å². The van der Waals surface area contributed by atoms with Crippen molar-refractivity contribution in [2.24, 2.45) is 0 Å². The standard InChI is InChI=1S/C14H14Cl2FN3O/c1-9-12(15)13(16)20(19-9)8-2-7-18-14(21)10-3-5-11(17)6-4-10/h3-6H,2,7-8H2,1H3,(H,18,21). The van der Waals surface area contributed by atoms with Crippen molar-refractivity contribution in [3.63, 3.8) is 0 Å². The second kappa shape index (κ2) is 6.91. The molecule has 0 fully saturated rings. The van der Waals surface area contributed by atoms with Crippen molar-refractivity contribution in [2.45, 2.75) is 19.9 Å². The first-order valence-corrected chi connectivity index (χ1v) is 7.17. The van der Waals surface area contributed by atoms with E-state index in [1.165, 1.54) is 24.3 Å². The van der Waals surface area contributed by atoms with Gasteiger partial charge in [0.2, 0.25) is 0 Å². The highest BCUT2D eigenvalue weighted by atomic mass is 35.5. The average molecular weight is 330 g/mol. The fourth-order valence-electron chi connectivity index (χ4n) is 1.81. The molecule has 0 atom stereocenters. The van der Waals surface area contributed by atoms with E-state index in [4.69, 9.17) is 23.2 Å². The number of nitrogens with zero attached hydrogens (tertiary/aromatic N) is 2. The number of benzene rings is 1. The van der Waals surface area contributed by atoms with Gasteiger partial charge in [0, 0.05) is 18.7 Å². The van der Waals surface area contributed by atoms with Gasteiger partial charge >= 0.3 is 0 Å². The van der Waals surface area contributed by atoms with Crippen LogP contribution < -0.4 is 5.32 Å². The Labute approximate surface area is 131 Å². The molecule has 0 aliphatic rings. The van der Waals surface area contributed by atoms with Gasteiger partial charge in [-0.3, -0.25) is 9.48 Å². The van der Waals surface area contributed by atoms with E-state index in [-0.39, 0.29) is 11.7 Å². The summed E-state index contributed by atoms with van der Waals surface area (Å²) in [6, 6.07) is 5.39. The highest BCUT2D eigenvalue weighted by Gasteiger charge is 2.10. The lowest BCUT2D eigenvalue weighted by molar-refractivity contribution is 0.0952. The molecule has 0 saturated carbocycles. The molecule has 0 bridgehead atoms. The fourth-order valence-corrected chi connectivity index (χ4v) is 2.21. The third kappa shape index (κ3) is 3.95. The van der Waals surface area contributed by atoms with Gasteiger partial charge in [-0.15, -0.1) is 0 Å². The summed E-state index contributed by atoms with van der Waals surface area (Å²) >= 11 is 12.0. The van der Waals surface area contributed by atoms with Gasteiger partial charge in [-0.25, -0.2) is 4.39 Å². The van der Waals surface area contributed by atoms with E-state index in [0.29, 0.717) is 40.9 Å². The quantitative estimate of drug-likeness (QED) is 0.854. The summed E-state index contributed by atoms with van der Waals surface area (Å²) in [6.07, 6.45) is 0.657. The molecule has 2 aromatic rings. The maximum absolute atomic E-state index is 12.8. The number of rotatable bonds is 5. The van der Waals surface area contributed by atoms with E-state index in [1.54, 1.807) is 11.6 Å². The number of amides is 1. The number of aromatic nitrogens is 2. The minimum absolute atomic E-state index is 0.240. The van der Waals surface area contributed by atoms with Crippen LogP contribution in [0.4, 0.5) is 4.39 Å². The Bertz CT molecular complexity index is 640. The molecule has 0 unspecified atom stereocenters. The molecule has 0 saturated heterocycles. The molecule has 0 aliphatic heterocycles. The highest BCUT2D eigenvalue weighted by molar-refractivity contribution is 6.41. The van der Waals surface area contributed by atoms with Crippen molar-refractivity contribution in [3.05, 3.63) is 51.5 Å². The van der Waals surface area contributed by atoms with Crippen molar-refractivity contribution in [2.75, 3.05) is 6.54 Å². The van der Waals surface area contributed by atoms with E-state index in [2.05, 4.69) is 10.4 Å². The molecule has 0 radical (unpaired) electrons. The van der Waals surface area contributed by atoms with Crippen LogP contribution in [0, 0.1) is 12.7 Å². The Balaban J connectivity index is 1.80. The Morgan fingerprint density at radius 1 is 1.33 bits per heavy atom. The summed E-state index contributed by atoms with van der Waals surface area (Å²) in [5, 5.41) is 7.80. The lowest BCUT2D eigenvalue weighted by Gasteiger charge is -2.06. The number of halogens is 3. The maximum atomic E-state index is 12.8. The Kier molecular flexibility index (Phi) is 5.20. The first kappa shape index (κ1) is 15.8. The molecule has 7 heteroatoms. The van der Waals surface area contributed by atoms with Crippen LogP contribution in [0.15, 0.2) is 24.3 Å². The first-order valence-electron chi connectivity index (χ1n) is 6.41. The predicted octanol–water partition coefficient (Wildman–Crippen LogP) is 3.46. The molecule has 0 spiro atoms. The lowest BCUT2D eigenvalue weighted by atomic mass is 10.2. The predicted molar refractivity (Wildman–Crippen MR) is 80.3 cm³/mol. The van der Waals surface area contributed by atoms with Gasteiger partial charge in [0.25, 0.3) is 5.91 Å². The summed E-state index contributed by atoms with van der Waals surface area (Å²) in [5.41, 5.74) is 1.10. The van der Waals surface area contributed by atoms with Crippen molar-refractivity contribution in [3.8, 4) is 0 Å². The van der Waals surface area contributed by atoms with Crippen molar-refractivity contribution >= 4 is 29.1 Å². The monoisotopic (exact) mass is 329 g/mol. The van der Waals surface area contributed by atoms with Gasteiger partial charge in [-0.05, 0) is 37.6 Å². The molecular formula is C14H14Cl2FN3O. The Hall–Kier alpha value is -1.59. The molecule has 1 N–H and O–H groups in total. The summed E-state index contributed by atoms with van der Waals surface area (Å²) in [4.78, 5) is 11.8. The smallest absolute Gasteiger partial charge is 0.251 e. The largest absolute Gasteiger partial charge is 0.352 e. The minimum Gasteiger partial charge on any atom is -0.352 e. The molecule has 4 nitrogen and oxygen atoms in total. The first-order chi connectivity index (χ1) is 9.99. The van der Waals surface area contributed by atoms with E-state index in [0.717, 1.165) is 0 Å². The lowest BCUT2D eigenvalue weighted by Crippen LogP contribution is -2.25. The zero-order valence-electron chi connectivity index (χ0n) is 11.4. The van der Waals surface area contributed by atoms with Crippen molar-refractivity contribution in [1.82, 2.24) is 15.1 Å². The number of aryl methyl sites for hydroxylation is 2. The minimum atomic E-state index is -0.368. The average Bonchev–Trinajstić information content (AvgIpc) is 2.71. The number of hydrogen-bond acceptors (Lipinski definition) is 2. The van der Waals surface area contributed by atoms with Crippen molar-refractivity contribution < 1.29 is 9.18 Å². The van der Waals surface area contributed by atoms with E-state index < -0.39 is 0 Å². The molecule has 2 rings (SSSR count). The molecule has 21 heavy (non-hydrogen) atoms. The zero-order valence-corrected chi connectivity index (χ0v) is 12.9. The van der Waals surface area contributed by atoms with Crippen molar-refractivity contribution in [1.29, 1.82) is 0 Å². The van der Waals surface area contributed by atoms with Crippen LogP contribution in [-0.2, 0) is 6.54 Å². The summed E-state index contributed by atoms with van der Waals surface area (Å²) in [7, 11) is 0. The van der Waals surface area contributed by atoms with Gasteiger partial charge in [0.1, 0.15) is 16.0 Å². The van der Waals surface area contributed by atoms with Crippen LogP contribution in [0.1, 0.15) is 22.5 Å². The topological polar surface area (TPSA) is 46.9 Å². The van der Waals surface area contributed by atoms with Crippen LogP contribution in [0.25, 0.3) is 0 Å². The van der Waals surface area contributed by atoms with E-state index in [9.17, 15) is 9.18 Å². The fraction of sp³-hybridized carbons (Fsp3) is 0.286. The third-order valence-electron chi connectivity index (χ3n) is 2.93. The molecular weight excluding hydrogens is 316 g/mol. The zero-order chi connectivity index (χ0) is 15.4. The van der Waals surface area contributed by atoms with Gasteiger partial charge < -0.3 is 5.32 Å². The van der Waals surface area contributed by atoms with E-state index in [1.807, 2.05) is 0 Å². The Morgan fingerprint density at radius 3 is 2.57 bits per heavy atom. The SMILES string of the molecule is Cc1nn(CCCNC(=O)c2ccc(F)cc2)c(Cl)c1Cl. The maximum Gasteiger partial charge on any atom is 0.251 e. The van der Waals surface area contributed by atoms with E-state index >= 15 is 0 Å². The number of hydrogen-bond donors (Lipinski definition) is 1. The van der Waals surface area contributed by atoms with Crippen LogP contribution in [0.5, 0.6) is 0 Å². The normalized spacial score (nSPS) is 10.7. The van der Waals surface area contributed by atoms with Gasteiger partial charge in [-0.1, -0.05) is 23.2 Å². The molecule has 1 aromatic heterocycles. The van der Waals surface area contributed by atoms with Gasteiger partial charge in [0.05, 0.1) is 5.69 Å². The molecule has 0 aliphatic carbocycles. The number of carbonyl (C=O) groups excluding carboxylic acids is 1. The second-order valence-corrected chi connectivity index (χ2v) is 5.27. The summed E-state index contributed by atoms with van der Waals surface area (Å²) in [6.45, 7) is 2.79. The molecule has 1 aromatic carbocycles. The number of nitrogens with one attached hydrogen (secondary N) is 1. The number of carbonyl (C=O) groups is 1. The highest BCUT2D eigenvalue weighted by Crippen LogP contribution is 2.24. The molecule has 1 heterocycles.